The average Bonchev–Trinajstić information content (AvgIpc) is 2.39. The summed E-state index contributed by atoms with van der Waals surface area (Å²) < 4.78 is 0. The van der Waals surface area contributed by atoms with Crippen LogP contribution in [0.15, 0.2) is 41.3 Å². The Bertz CT molecular complexity index is 644. The van der Waals surface area contributed by atoms with Gasteiger partial charge in [-0.25, -0.2) is 0 Å². The minimum absolute atomic E-state index is 0.0912. The number of carbonyl (C=O) groups is 1. The van der Waals surface area contributed by atoms with E-state index in [1.54, 1.807) is 19.1 Å². The van der Waals surface area contributed by atoms with Crippen molar-refractivity contribution in [3.05, 3.63) is 63.6 Å². The zero-order valence-electron chi connectivity index (χ0n) is 10.6. The normalized spacial score (nSPS) is 10.2. The summed E-state index contributed by atoms with van der Waals surface area (Å²) in [6, 6.07) is 8.56. The molecular formula is C14H15N3O2. The molecule has 1 aromatic heterocycles. The van der Waals surface area contributed by atoms with Gasteiger partial charge in [-0.3, -0.25) is 9.59 Å². The monoisotopic (exact) mass is 257 g/mol. The second-order valence-corrected chi connectivity index (χ2v) is 4.25. The summed E-state index contributed by atoms with van der Waals surface area (Å²) in [5, 5.41) is 2.67. The van der Waals surface area contributed by atoms with Crippen molar-refractivity contribution < 1.29 is 4.79 Å². The van der Waals surface area contributed by atoms with Crippen LogP contribution in [0.3, 0.4) is 0 Å². The molecule has 0 bridgehead atoms. The number of hydrogen-bond acceptors (Lipinski definition) is 3. The Labute approximate surface area is 110 Å². The SMILES string of the molecule is Cc1cc(=O)c(C(=O)Nc2ccc(CN)cc2)c[nH]1. The van der Waals surface area contributed by atoms with Gasteiger partial charge in [0.1, 0.15) is 5.56 Å². The largest absolute Gasteiger partial charge is 0.364 e. The number of hydrogen-bond donors (Lipinski definition) is 3. The second-order valence-electron chi connectivity index (χ2n) is 4.25. The highest BCUT2D eigenvalue weighted by atomic mass is 16.2. The van der Waals surface area contributed by atoms with Crippen LogP contribution in [0.4, 0.5) is 5.69 Å². The van der Waals surface area contributed by atoms with Crippen molar-refractivity contribution in [2.45, 2.75) is 13.5 Å². The van der Waals surface area contributed by atoms with Crippen molar-refractivity contribution in [2.75, 3.05) is 5.32 Å². The van der Waals surface area contributed by atoms with Crippen molar-refractivity contribution in [1.29, 1.82) is 0 Å². The van der Waals surface area contributed by atoms with Gasteiger partial charge in [0.2, 0.25) is 0 Å². The summed E-state index contributed by atoms with van der Waals surface area (Å²) >= 11 is 0. The number of nitrogens with two attached hydrogens (primary N) is 1. The zero-order chi connectivity index (χ0) is 13.8. The summed E-state index contributed by atoms with van der Waals surface area (Å²) in [5.74, 6) is -0.429. The molecule has 0 saturated heterocycles. The molecule has 0 atom stereocenters. The minimum atomic E-state index is -0.429. The Morgan fingerprint density at radius 3 is 2.58 bits per heavy atom. The summed E-state index contributed by atoms with van der Waals surface area (Å²) in [4.78, 5) is 26.5. The first-order valence-corrected chi connectivity index (χ1v) is 5.90. The number of aromatic amines is 1. The molecule has 5 heteroatoms. The van der Waals surface area contributed by atoms with Crippen molar-refractivity contribution in [3.63, 3.8) is 0 Å². The molecule has 0 aliphatic rings. The first kappa shape index (κ1) is 13.0. The second kappa shape index (κ2) is 5.49. The molecule has 19 heavy (non-hydrogen) atoms. The van der Waals surface area contributed by atoms with Crippen LogP contribution in [0.5, 0.6) is 0 Å². The molecule has 0 radical (unpaired) electrons. The first-order valence-electron chi connectivity index (χ1n) is 5.90. The van der Waals surface area contributed by atoms with E-state index in [9.17, 15) is 9.59 Å². The average molecular weight is 257 g/mol. The number of benzene rings is 1. The highest BCUT2D eigenvalue weighted by Gasteiger charge is 2.10. The van der Waals surface area contributed by atoms with Crippen LogP contribution < -0.4 is 16.5 Å². The van der Waals surface area contributed by atoms with Gasteiger partial charge in [0.05, 0.1) is 0 Å². The van der Waals surface area contributed by atoms with Crippen LogP contribution >= 0.6 is 0 Å². The third kappa shape index (κ3) is 3.08. The predicted octanol–water partition coefficient (Wildman–Crippen LogP) is 1.39. The fourth-order valence-electron chi connectivity index (χ4n) is 1.67. The van der Waals surface area contributed by atoms with E-state index < -0.39 is 5.91 Å². The molecular weight excluding hydrogens is 242 g/mol. The lowest BCUT2D eigenvalue weighted by Gasteiger charge is -2.05. The highest BCUT2D eigenvalue weighted by Crippen LogP contribution is 2.10. The lowest BCUT2D eigenvalue weighted by molar-refractivity contribution is 0.102. The maximum absolute atomic E-state index is 11.9. The highest BCUT2D eigenvalue weighted by molar-refractivity contribution is 6.03. The molecule has 0 aliphatic heterocycles. The van der Waals surface area contributed by atoms with Gasteiger partial charge in [0, 0.05) is 30.2 Å². The van der Waals surface area contributed by atoms with Crippen molar-refractivity contribution in [1.82, 2.24) is 4.98 Å². The Morgan fingerprint density at radius 2 is 2.00 bits per heavy atom. The number of rotatable bonds is 3. The lowest BCUT2D eigenvalue weighted by atomic mass is 10.2. The Hall–Kier alpha value is -2.40. The topological polar surface area (TPSA) is 88.0 Å². The quantitative estimate of drug-likeness (QED) is 0.776. The lowest BCUT2D eigenvalue weighted by Crippen LogP contribution is -2.21. The fraction of sp³-hybridized carbons (Fsp3) is 0.143. The van der Waals surface area contributed by atoms with Crippen LogP contribution in [0, 0.1) is 6.92 Å². The predicted molar refractivity (Wildman–Crippen MR) is 74.1 cm³/mol. The summed E-state index contributed by atoms with van der Waals surface area (Å²) in [7, 11) is 0. The summed E-state index contributed by atoms with van der Waals surface area (Å²) in [6.45, 7) is 2.21. The van der Waals surface area contributed by atoms with E-state index in [1.807, 2.05) is 12.1 Å². The first-order chi connectivity index (χ1) is 9.10. The summed E-state index contributed by atoms with van der Waals surface area (Å²) in [5.41, 5.74) is 7.61. The smallest absolute Gasteiger partial charge is 0.261 e. The molecule has 1 aromatic carbocycles. The number of anilines is 1. The number of H-pyrrole nitrogens is 1. The molecule has 1 heterocycles. The van der Waals surface area contributed by atoms with Gasteiger partial charge < -0.3 is 16.0 Å². The van der Waals surface area contributed by atoms with Gasteiger partial charge in [0.15, 0.2) is 5.43 Å². The zero-order valence-corrected chi connectivity index (χ0v) is 10.6. The molecule has 0 saturated carbocycles. The van der Waals surface area contributed by atoms with Gasteiger partial charge in [-0.2, -0.15) is 0 Å². The van der Waals surface area contributed by atoms with E-state index in [0.717, 1.165) is 5.56 Å². The summed E-state index contributed by atoms with van der Waals surface area (Å²) in [6.07, 6.45) is 1.42. The number of pyridine rings is 1. The van der Waals surface area contributed by atoms with Gasteiger partial charge in [0.25, 0.3) is 5.91 Å². The van der Waals surface area contributed by atoms with E-state index in [0.29, 0.717) is 17.9 Å². The van der Waals surface area contributed by atoms with E-state index in [4.69, 9.17) is 5.73 Å². The van der Waals surface area contributed by atoms with E-state index in [2.05, 4.69) is 10.3 Å². The van der Waals surface area contributed by atoms with Crippen molar-refractivity contribution >= 4 is 11.6 Å². The Balaban J connectivity index is 2.18. The van der Waals surface area contributed by atoms with Gasteiger partial charge >= 0.3 is 0 Å². The maximum Gasteiger partial charge on any atom is 0.261 e. The number of aryl methyl sites for hydroxylation is 1. The van der Waals surface area contributed by atoms with Gasteiger partial charge in [-0.05, 0) is 24.6 Å². The Morgan fingerprint density at radius 1 is 1.32 bits per heavy atom. The number of amides is 1. The van der Waals surface area contributed by atoms with Crippen LogP contribution in [0.1, 0.15) is 21.6 Å². The van der Waals surface area contributed by atoms with Crippen LogP contribution in [-0.2, 0) is 6.54 Å². The van der Waals surface area contributed by atoms with E-state index >= 15 is 0 Å². The minimum Gasteiger partial charge on any atom is -0.364 e. The van der Waals surface area contributed by atoms with Crippen molar-refractivity contribution in [3.8, 4) is 0 Å². The molecule has 0 unspecified atom stereocenters. The molecule has 5 nitrogen and oxygen atoms in total. The van der Waals surface area contributed by atoms with Crippen molar-refractivity contribution in [2.24, 2.45) is 5.73 Å². The molecule has 0 aliphatic carbocycles. The van der Waals surface area contributed by atoms with Gasteiger partial charge in [-0.15, -0.1) is 0 Å². The number of aromatic nitrogens is 1. The third-order valence-electron chi connectivity index (χ3n) is 2.75. The molecule has 0 fully saturated rings. The van der Waals surface area contributed by atoms with E-state index in [1.165, 1.54) is 12.3 Å². The van der Waals surface area contributed by atoms with Gasteiger partial charge in [-0.1, -0.05) is 12.1 Å². The molecule has 2 aromatic rings. The number of carbonyl (C=O) groups excluding carboxylic acids is 1. The van der Waals surface area contributed by atoms with Crippen LogP contribution in [0.25, 0.3) is 0 Å². The molecule has 1 amide bonds. The third-order valence-corrected chi connectivity index (χ3v) is 2.75. The van der Waals surface area contributed by atoms with Crippen LogP contribution in [-0.4, -0.2) is 10.9 Å². The number of nitrogens with one attached hydrogen (secondary N) is 2. The molecule has 0 spiro atoms. The Kier molecular flexibility index (Phi) is 3.77. The fourth-order valence-corrected chi connectivity index (χ4v) is 1.67. The molecule has 98 valence electrons. The van der Waals surface area contributed by atoms with E-state index in [-0.39, 0.29) is 11.0 Å². The van der Waals surface area contributed by atoms with Crippen LogP contribution in [0.2, 0.25) is 0 Å². The standard InChI is InChI=1S/C14H15N3O2/c1-9-6-13(18)12(8-16-9)14(19)17-11-4-2-10(7-15)3-5-11/h2-6,8H,7,15H2,1H3,(H,16,18)(H,17,19). The molecule has 2 rings (SSSR count). The maximum atomic E-state index is 11.9. The molecule has 4 N–H and O–H groups in total.